The van der Waals surface area contributed by atoms with Gasteiger partial charge >= 0.3 is 11.9 Å². The lowest BCUT2D eigenvalue weighted by Gasteiger charge is -2.63. The van der Waals surface area contributed by atoms with Crippen LogP contribution in [-0.2, 0) is 41.1 Å². The quantitative estimate of drug-likeness (QED) is 0.216. The molecule has 5 aliphatic heterocycles. The first-order valence-electron chi connectivity index (χ1n) is 21.5. The van der Waals surface area contributed by atoms with Crippen molar-refractivity contribution >= 4 is 34.4 Å². The third-order valence-electron chi connectivity index (χ3n) is 15.2. The van der Waals surface area contributed by atoms with Crippen LogP contribution in [0.3, 0.4) is 0 Å². The Kier molecular flexibility index (Phi) is 9.60. The summed E-state index contributed by atoms with van der Waals surface area (Å²) in [6.07, 6.45) is 8.65. The van der Waals surface area contributed by atoms with E-state index in [1.54, 1.807) is 7.11 Å². The smallest absolute Gasteiger partial charge is 0.344 e. The highest BCUT2D eigenvalue weighted by atomic mass is 16.6. The van der Waals surface area contributed by atoms with Crippen LogP contribution in [0.1, 0.15) is 75.8 Å². The number of aliphatic hydroxyl groups is 1. The van der Waals surface area contributed by atoms with Crippen molar-refractivity contribution in [1.82, 2.24) is 20.1 Å². The lowest BCUT2D eigenvalue weighted by molar-refractivity contribution is -0.228. The molecule has 2 aromatic carbocycles. The van der Waals surface area contributed by atoms with Gasteiger partial charge in [-0.1, -0.05) is 55.8 Å². The summed E-state index contributed by atoms with van der Waals surface area (Å²) in [4.78, 5) is 53.9. The van der Waals surface area contributed by atoms with E-state index >= 15 is 4.79 Å². The zero-order valence-corrected chi connectivity index (χ0v) is 35.5. The Bertz CT molecular complexity index is 2280. The molecule has 3 aromatic rings. The summed E-state index contributed by atoms with van der Waals surface area (Å²) in [5.41, 5.74) is 1.56. The number of para-hydroxylation sites is 1. The van der Waals surface area contributed by atoms with Crippen molar-refractivity contribution in [2.45, 2.75) is 94.4 Å². The van der Waals surface area contributed by atoms with Crippen molar-refractivity contribution in [1.29, 1.82) is 0 Å². The summed E-state index contributed by atoms with van der Waals surface area (Å²) in [5, 5.41) is 17.8. The maximum Gasteiger partial charge on any atom is 0.344 e. The van der Waals surface area contributed by atoms with Gasteiger partial charge in [0.15, 0.2) is 6.10 Å². The lowest BCUT2D eigenvalue weighted by Crippen LogP contribution is -2.81. The number of ether oxygens (including phenoxy) is 3. The second kappa shape index (κ2) is 14.2. The lowest BCUT2D eigenvalue weighted by atomic mass is 9.47. The Morgan fingerprint density at radius 3 is 2.56 bits per heavy atom. The molecule has 1 spiro atoms. The summed E-state index contributed by atoms with van der Waals surface area (Å²) in [7, 11) is 4.83. The van der Waals surface area contributed by atoms with Crippen LogP contribution < -0.4 is 15.0 Å². The minimum Gasteiger partial charge on any atom is -0.496 e. The fraction of sp³-hybridized carbons (Fsp3) is 0.553. The van der Waals surface area contributed by atoms with Crippen LogP contribution in [0.4, 0.5) is 5.69 Å². The molecule has 6 heterocycles. The number of carbonyl (C=O) groups is 3. The average Bonchev–Trinajstić information content (AvgIpc) is 3.90. The summed E-state index contributed by atoms with van der Waals surface area (Å²) in [6.45, 7) is 12.0. The normalized spacial score (nSPS) is 34.3. The van der Waals surface area contributed by atoms with E-state index in [1.807, 2.05) is 37.9 Å². The monoisotopic (exact) mass is 805 g/mol. The molecule has 314 valence electrons. The van der Waals surface area contributed by atoms with Gasteiger partial charge in [-0.15, -0.1) is 0 Å². The van der Waals surface area contributed by atoms with Crippen molar-refractivity contribution in [3.05, 3.63) is 82.6 Å². The Balaban J connectivity index is 1.38. The van der Waals surface area contributed by atoms with Crippen LogP contribution in [0.15, 0.2) is 60.2 Å². The van der Waals surface area contributed by atoms with Gasteiger partial charge in [0.2, 0.25) is 11.5 Å². The van der Waals surface area contributed by atoms with Gasteiger partial charge in [0, 0.05) is 97.5 Å². The number of nitrogens with zero attached hydrogens (tertiary/aromatic N) is 3. The van der Waals surface area contributed by atoms with E-state index in [2.05, 4.69) is 69.5 Å². The number of benzene rings is 2. The standard InChI is InChI=1S/C47H59N5O7/c1-8-29-22-30-25-46(42(54)48-10-3,38-32(16-20-51(26-29)27-30)31-14-11-12-15-35(31)49-38)34-23-33-36(24-37(34)57-6)50(5)40-45(33)18-21-52-19-13-17-44(9-2,39(45)52)41(59-28(4)53)47(40,56)43(55)58-7/h11-15,17,22-24,30,39-41,49,56H,8-10,16,18-21,25-27H2,1-7H3,(H,48,54)/t30-,39-,40+,41+,44+,45?,46-,47+/m0/s1. The van der Waals surface area contributed by atoms with E-state index in [0.717, 1.165) is 71.5 Å². The van der Waals surface area contributed by atoms with Crippen molar-refractivity contribution in [3.63, 3.8) is 0 Å². The largest absolute Gasteiger partial charge is 0.496 e. The van der Waals surface area contributed by atoms with Crippen LogP contribution in [0.2, 0.25) is 0 Å². The molecule has 1 amide bonds. The molecular weight excluding hydrogens is 747 g/mol. The highest BCUT2D eigenvalue weighted by molar-refractivity contribution is 5.97. The van der Waals surface area contributed by atoms with E-state index < -0.39 is 45.9 Å². The topological polar surface area (TPSA) is 137 Å². The first-order valence-corrected chi connectivity index (χ1v) is 21.5. The van der Waals surface area contributed by atoms with Crippen LogP contribution >= 0.6 is 0 Å². The maximum atomic E-state index is 15.6. The molecule has 9 atom stereocenters. The molecule has 0 radical (unpaired) electrons. The molecule has 2 fully saturated rings. The molecule has 2 unspecified atom stereocenters. The summed E-state index contributed by atoms with van der Waals surface area (Å²) in [6, 6.07) is 11.4. The number of anilines is 1. The molecule has 6 aliphatic rings. The predicted molar refractivity (Wildman–Crippen MR) is 226 cm³/mol. The molecule has 2 bridgehead atoms. The van der Waals surface area contributed by atoms with E-state index in [0.29, 0.717) is 44.6 Å². The average molecular weight is 806 g/mol. The first kappa shape index (κ1) is 39.8. The highest BCUT2D eigenvalue weighted by Crippen LogP contribution is 2.68. The van der Waals surface area contributed by atoms with Crippen LogP contribution in [0, 0.1) is 11.3 Å². The molecule has 1 aliphatic carbocycles. The summed E-state index contributed by atoms with van der Waals surface area (Å²) in [5.74, 6) is -0.915. The second-order valence-corrected chi connectivity index (χ2v) is 17.9. The van der Waals surface area contributed by atoms with Gasteiger partial charge in [0.05, 0.1) is 20.3 Å². The molecule has 3 N–H and O–H groups in total. The third-order valence-corrected chi connectivity index (χ3v) is 15.2. The number of aromatic nitrogens is 1. The number of fused-ring (bicyclic) bond motifs is 6. The van der Waals surface area contributed by atoms with E-state index in [-0.39, 0.29) is 17.9 Å². The Morgan fingerprint density at radius 2 is 1.85 bits per heavy atom. The Labute approximate surface area is 346 Å². The van der Waals surface area contributed by atoms with Crippen LogP contribution in [-0.4, -0.2) is 122 Å². The van der Waals surface area contributed by atoms with Crippen molar-refractivity contribution in [3.8, 4) is 5.75 Å². The fourth-order valence-electron chi connectivity index (χ4n) is 13.2. The number of aromatic amines is 1. The van der Waals surface area contributed by atoms with Crippen LogP contribution in [0.25, 0.3) is 10.9 Å². The molecule has 12 heteroatoms. The maximum absolute atomic E-state index is 15.6. The van der Waals surface area contributed by atoms with E-state index in [9.17, 15) is 14.7 Å². The summed E-state index contributed by atoms with van der Waals surface area (Å²) < 4.78 is 18.1. The molecular formula is C47H59N5O7. The number of amides is 1. The number of likely N-dealkylation sites (N-methyl/N-ethyl adjacent to an activating group) is 2. The van der Waals surface area contributed by atoms with Gasteiger partial charge in [-0.05, 0) is 74.8 Å². The number of hydrogen-bond donors (Lipinski definition) is 3. The molecule has 1 aromatic heterocycles. The minimum absolute atomic E-state index is 0.0620. The van der Waals surface area contributed by atoms with Gasteiger partial charge in [0.1, 0.15) is 11.2 Å². The molecule has 12 nitrogen and oxygen atoms in total. The zero-order valence-electron chi connectivity index (χ0n) is 35.5. The SMILES string of the molecule is CCNC(=O)[C@]1(c2cc3c(cc2OC)N(C)[C@@H]2C34CCN3CC=C[C@](CC)([C@H]34)[C@@H](OC(C)=O)[C@@]2(O)C(=O)OC)C[C@@H]2C=C(CC)CN(CCc3c1[nH]c1ccccc31)C2. The zero-order chi connectivity index (χ0) is 41.6. The fourth-order valence-corrected chi connectivity index (χ4v) is 13.2. The number of rotatable bonds is 8. The molecule has 59 heavy (non-hydrogen) atoms. The van der Waals surface area contributed by atoms with Crippen molar-refractivity contribution in [2.75, 3.05) is 65.4 Å². The van der Waals surface area contributed by atoms with Crippen molar-refractivity contribution in [2.24, 2.45) is 11.3 Å². The minimum atomic E-state index is -2.27. The number of hydrogen-bond acceptors (Lipinski definition) is 10. The second-order valence-electron chi connectivity index (χ2n) is 17.9. The highest BCUT2D eigenvalue weighted by Gasteiger charge is 2.80. The van der Waals surface area contributed by atoms with Gasteiger partial charge in [-0.25, -0.2) is 4.79 Å². The van der Waals surface area contributed by atoms with Crippen LogP contribution in [0.5, 0.6) is 5.75 Å². The number of carbonyl (C=O) groups excluding carboxylic acids is 3. The Hall–Kier alpha value is -4.65. The molecule has 9 rings (SSSR count). The number of nitrogens with one attached hydrogen (secondary N) is 2. The van der Waals surface area contributed by atoms with Gasteiger partial charge in [-0.3, -0.25) is 19.4 Å². The molecule has 1 saturated carbocycles. The number of methoxy groups -OCH3 is 2. The van der Waals surface area contributed by atoms with Gasteiger partial charge < -0.3 is 34.5 Å². The van der Waals surface area contributed by atoms with E-state index in [4.69, 9.17) is 14.2 Å². The predicted octanol–water partition coefficient (Wildman–Crippen LogP) is 4.76. The van der Waals surface area contributed by atoms with Gasteiger partial charge in [-0.2, -0.15) is 0 Å². The number of esters is 2. The van der Waals surface area contributed by atoms with Gasteiger partial charge in [0.25, 0.3) is 0 Å². The molecule has 1 saturated heterocycles. The summed E-state index contributed by atoms with van der Waals surface area (Å²) >= 11 is 0. The van der Waals surface area contributed by atoms with E-state index in [1.165, 1.54) is 19.6 Å². The number of H-pyrrole nitrogens is 1. The first-order chi connectivity index (χ1) is 28.4. The Morgan fingerprint density at radius 1 is 1.05 bits per heavy atom. The third kappa shape index (κ3) is 5.27. The van der Waals surface area contributed by atoms with Crippen molar-refractivity contribution < 1.29 is 33.7 Å².